The third-order valence-electron chi connectivity index (χ3n) is 2.66. The summed E-state index contributed by atoms with van der Waals surface area (Å²) in [7, 11) is 0. The van der Waals surface area contributed by atoms with Crippen molar-refractivity contribution in [3.05, 3.63) is 22.2 Å². The van der Waals surface area contributed by atoms with Crippen LogP contribution in [0.25, 0.3) is 0 Å². The van der Waals surface area contributed by atoms with E-state index < -0.39 is 0 Å². The van der Waals surface area contributed by atoms with Crippen molar-refractivity contribution >= 4 is 15.9 Å². The lowest BCUT2D eigenvalue weighted by Crippen LogP contribution is -2.20. The quantitative estimate of drug-likeness (QED) is 0.928. The Morgan fingerprint density at radius 1 is 1.44 bits per heavy atom. The smallest absolute Gasteiger partial charge is 0.175 e. The van der Waals surface area contributed by atoms with Crippen molar-refractivity contribution < 1.29 is 9.47 Å². The zero-order valence-corrected chi connectivity index (χ0v) is 11.8. The molecule has 0 spiro atoms. The van der Waals surface area contributed by atoms with Gasteiger partial charge in [-0.2, -0.15) is 5.26 Å². The number of hydrogen-bond acceptors (Lipinski definition) is 4. The Labute approximate surface area is 115 Å². The van der Waals surface area contributed by atoms with Crippen LogP contribution in [0, 0.1) is 17.2 Å². The lowest BCUT2D eigenvalue weighted by Gasteiger charge is -2.20. The van der Waals surface area contributed by atoms with Crippen LogP contribution in [0.4, 0.5) is 0 Å². The Bertz CT molecular complexity index is 471. The molecule has 0 fully saturated rings. The molecular weight excluding hydrogens is 296 g/mol. The number of nitriles is 1. The Morgan fingerprint density at radius 3 is 3.00 bits per heavy atom. The first-order chi connectivity index (χ1) is 8.70. The van der Waals surface area contributed by atoms with Gasteiger partial charge in [0.25, 0.3) is 0 Å². The van der Waals surface area contributed by atoms with Gasteiger partial charge in [0.15, 0.2) is 11.5 Å². The Kier molecular flexibility index (Phi) is 4.45. The molecule has 0 aliphatic carbocycles. The minimum atomic E-state index is 0.0191. The van der Waals surface area contributed by atoms with Gasteiger partial charge < -0.3 is 14.8 Å². The first-order valence-corrected chi connectivity index (χ1v) is 6.68. The first-order valence-electron chi connectivity index (χ1n) is 5.89. The second kappa shape index (κ2) is 6.07. The van der Waals surface area contributed by atoms with Gasteiger partial charge in [0, 0.05) is 13.1 Å². The molecule has 0 saturated heterocycles. The van der Waals surface area contributed by atoms with Crippen LogP contribution >= 0.6 is 15.9 Å². The van der Waals surface area contributed by atoms with Crippen LogP contribution in [0.2, 0.25) is 0 Å². The number of rotatable bonds is 4. The van der Waals surface area contributed by atoms with E-state index in [1.807, 2.05) is 19.1 Å². The summed E-state index contributed by atoms with van der Waals surface area (Å²) in [6, 6.07) is 6.18. The van der Waals surface area contributed by atoms with Crippen molar-refractivity contribution in [1.82, 2.24) is 5.32 Å². The molecule has 1 aromatic carbocycles. The maximum atomic E-state index is 8.70. The minimum absolute atomic E-state index is 0.0191. The van der Waals surface area contributed by atoms with Crippen LogP contribution in [-0.2, 0) is 6.54 Å². The van der Waals surface area contributed by atoms with E-state index in [0.29, 0.717) is 26.3 Å². The van der Waals surface area contributed by atoms with Gasteiger partial charge in [-0.05, 0) is 40.5 Å². The lowest BCUT2D eigenvalue weighted by atomic mass is 10.1. The summed E-state index contributed by atoms with van der Waals surface area (Å²) in [6.07, 6.45) is 0. The number of nitrogens with zero attached hydrogens (tertiary/aromatic N) is 1. The molecule has 2 rings (SSSR count). The van der Waals surface area contributed by atoms with Gasteiger partial charge in [0.2, 0.25) is 0 Å². The number of nitrogens with one attached hydrogen (secondary N) is 1. The third-order valence-corrected chi connectivity index (χ3v) is 3.25. The highest BCUT2D eigenvalue weighted by molar-refractivity contribution is 9.10. The molecule has 1 aliphatic rings. The average Bonchev–Trinajstić information content (AvgIpc) is 2.38. The van der Waals surface area contributed by atoms with Crippen LogP contribution < -0.4 is 14.8 Å². The van der Waals surface area contributed by atoms with Crippen molar-refractivity contribution in [2.24, 2.45) is 5.92 Å². The molecule has 1 aliphatic heterocycles. The number of halogens is 1. The van der Waals surface area contributed by atoms with E-state index >= 15 is 0 Å². The fourth-order valence-electron chi connectivity index (χ4n) is 1.74. The summed E-state index contributed by atoms with van der Waals surface area (Å²) in [6.45, 7) is 4.46. The zero-order valence-electron chi connectivity index (χ0n) is 10.2. The normalized spacial score (nSPS) is 14.9. The standard InChI is InChI=1S/C13H15BrN2O2/c1-9(6-15)7-16-8-10-4-11(14)13-12(5-10)17-2-3-18-13/h4-5,9,16H,2-3,7-8H2,1H3. The summed E-state index contributed by atoms with van der Waals surface area (Å²) in [5.41, 5.74) is 1.11. The first kappa shape index (κ1) is 13.2. The zero-order chi connectivity index (χ0) is 13.0. The van der Waals surface area contributed by atoms with E-state index in [0.717, 1.165) is 21.5 Å². The summed E-state index contributed by atoms with van der Waals surface area (Å²) in [5, 5.41) is 11.9. The maximum absolute atomic E-state index is 8.70. The second-order valence-corrected chi connectivity index (χ2v) is 5.12. The molecule has 1 unspecified atom stereocenters. The summed E-state index contributed by atoms with van der Waals surface area (Å²) >= 11 is 3.48. The van der Waals surface area contributed by atoms with Crippen LogP contribution in [0.3, 0.4) is 0 Å². The van der Waals surface area contributed by atoms with Gasteiger partial charge in [0.05, 0.1) is 16.5 Å². The number of ether oxygens (including phenoxy) is 2. The van der Waals surface area contributed by atoms with Crippen molar-refractivity contribution in [1.29, 1.82) is 5.26 Å². The van der Waals surface area contributed by atoms with Gasteiger partial charge in [-0.3, -0.25) is 0 Å². The third kappa shape index (κ3) is 3.15. The van der Waals surface area contributed by atoms with E-state index in [1.54, 1.807) is 0 Å². The highest BCUT2D eigenvalue weighted by atomic mass is 79.9. The van der Waals surface area contributed by atoms with Crippen molar-refractivity contribution in [2.45, 2.75) is 13.5 Å². The van der Waals surface area contributed by atoms with E-state index in [4.69, 9.17) is 14.7 Å². The van der Waals surface area contributed by atoms with Crippen molar-refractivity contribution in [3.63, 3.8) is 0 Å². The van der Waals surface area contributed by atoms with Crippen LogP contribution in [0.15, 0.2) is 16.6 Å². The number of hydrogen-bond donors (Lipinski definition) is 1. The van der Waals surface area contributed by atoms with E-state index in [-0.39, 0.29) is 5.92 Å². The lowest BCUT2D eigenvalue weighted by molar-refractivity contribution is 0.170. The van der Waals surface area contributed by atoms with E-state index in [2.05, 4.69) is 27.3 Å². The SMILES string of the molecule is CC(C#N)CNCc1cc(Br)c2c(c1)OCCO2. The molecule has 1 atom stereocenters. The topological polar surface area (TPSA) is 54.3 Å². The highest BCUT2D eigenvalue weighted by Gasteiger charge is 2.16. The highest BCUT2D eigenvalue weighted by Crippen LogP contribution is 2.38. The molecule has 1 heterocycles. The van der Waals surface area contributed by atoms with Crippen LogP contribution in [0.5, 0.6) is 11.5 Å². The summed E-state index contributed by atoms with van der Waals surface area (Å²) in [4.78, 5) is 0. The minimum Gasteiger partial charge on any atom is -0.486 e. The fourth-order valence-corrected chi connectivity index (χ4v) is 2.35. The summed E-state index contributed by atoms with van der Waals surface area (Å²) < 4.78 is 12.0. The molecule has 0 amide bonds. The molecular formula is C13H15BrN2O2. The van der Waals surface area contributed by atoms with Crippen molar-refractivity contribution in [2.75, 3.05) is 19.8 Å². The largest absolute Gasteiger partial charge is 0.486 e. The van der Waals surface area contributed by atoms with Gasteiger partial charge in [-0.1, -0.05) is 0 Å². The molecule has 96 valence electrons. The Hall–Kier alpha value is -1.25. The molecule has 0 radical (unpaired) electrons. The molecule has 1 aromatic rings. The predicted molar refractivity (Wildman–Crippen MR) is 71.6 cm³/mol. The molecule has 0 aromatic heterocycles. The number of benzene rings is 1. The Morgan fingerprint density at radius 2 is 2.22 bits per heavy atom. The molecule has 18 heavy (non-hydrogen) atoms. The van der Waals surface area contributed by atoms with Crippen molar-refractivity contribution in [3.8, 4) is 17.6 Å². The van der Waals surface area contributed by atoms with Gasteiger partial charge >= 0.3 is 0 Å². The van der Waals surface area contributed by atoms with Gasteiger partial charge in [-0.25, -0.2) is 0 Å². The molecule has 4 nitrogen and oxygen atoms in total. The fraction of sp³-hybridized carbons (Fsp3) is 0.462. The van der Waals surface area contributed by atoms with Gasteiger partial charge in [-0.15, -0.1) is 0 Å². The molecule has 0 saturated carbocycles. The summed E-state index contributed by atoms with van der Waals surface area (Å²) in [5.74, 6) is 1.57. The molecule has 5 heteroatoms. The number of fused-ring (bicyclic) bond motifs is 1. The Balaban J connectivity index is 2.02. The second-order valence-electron chi connectivity index (χ2n) is 4.26. The molecule has 0 bridgehead atoms. The van der Waals surface area contributed by atoms with E-state index in [9.17, 15) is 0 Å². The maximum Gasteiger partial charge on any atom is 0.175 e. The van der Waals surface area contributed by atoms with Crippen LogP contribution in [0.1, 0.15) is 12.5 Å². The van der Waals surface area contributed by atoms with Gasteiger partial charge in [0.1, 0.15) is 13.2 Å². The average molecular weight is 311 g/mol. The monoisotopic (exact) mass is 310 g/mol. The predicted octanol–water partition coefficient (Wildman–Crippen LogP) is 2.47. The van der Waals surface area contributed by atoms with Crippen LogP contribution in [-0.4, -0.2) is 19.8 Å². The van der Waals surface area contributed by atoms with E-state index in [1.165, 1.54) is 0 Å². The molecule has 1 N–H and O–H groups in total.